The molecule has 118 valence electrons. The number of hydrogen-bond acceptors (Lipinski definition) is 3. The van der Waals surface area contributed by atoms with E-state index in [1.165, 1.54) is 44.9 Å². The van der Waals surface area contributed by atoms with Gasteiger partial charge in [-0.05, 0) is 6.42 Å². The van der Waals surface area contributed by atoms with Crippen LogP contribution >= 0.6 is 0 Å². The highest BCUT2D eigenvalue weighted by Crippen LogP contribution is 2.12. The lowest BCUT2D eigenvalue weighted by Gasteiger charge is -2.10. The summed E-state index contributed by atoms with van der Waals surface area (Å²) >= 11 is 0. The summed E-state index contributed by atoms with van der Waals surface area (Å²) in [4.78, 5) is 10.4. The molecule has 0 unspecified atom stereocenters. The SMILES string of the molecule is CCCCCCCCCCC[C@@H](O)CC(=N)CC(=O)O. The van der Waals surface area contributed by atoms with E-state index < -0.39 is 12.1 Å². The van der Waals surface area contributed by atoms with Crippen LogP contribution in [0.1, 0.15) is 84.0 Å². The Hall–Kier alpha value is -0.900. The molecule has 0 aliphatic carbocycles. The topological polar surface area (TPSA) is 81.4 Å². The fourth-order valence-corrected chi connectivity index (χ4v) is 2.33. The first-order valence-corrected chi connectivity index (χ1v) is 8.02. The van der Waals surface area contributed by atoms with Crippen molar-refractivity contribution < 1.29 is 15.0 Å². The van der Waals surface area contributed by atoms with E-state index in [1.54, 1.807) is 0 Å². The number of rotatable bonds is 14. The van der Waals surface area contributed by atoms with Crippen LogP contribution in [0.3, 0.4) is 0 Å². The molecule has 0 aromatic carbocycles. The van der Waals surface area contributed by atoms with Gasteiger partial charge >= 0.3 is 5.97 Å². The minimum atomic E-state index is -0.995. The highest BCUT2D eigenvalue weighted by atomic mass is 16.4. The lowest BCUT2D eigenvalue weighted by molar-refractivity contribution is -0.135. The highest BCUT2D eigenvalue weighted by Gasteiger charge is 2.10. The second-order valence-electron chi connectivity index (χ2n) is 5.65. The molecule has 0 heterocycles. The summed E-state index contributed by atoms with van der Waals surface area (Å²) in [6.45, 7) is 2.22. The summed E-state index contributed by atoms with van der Waals surface area (Å²) in [5, 5.41) is 25.7. The molecule has 0 amide bonds. The Morgan fingerprint density at radius 3 is 2.00 bits per heavy atom. The second-order valence-corrected chi connectivity index (χ2v) is 5.65. The predicted molar refractivity (Wildman–Crippen MR) is 82.4 cm³/mol. The first kappa shape index (κ1) is 19.1. The minimum Gasteiger partial charge on any atom is -0.481 e. The van der Waals surface area contributed by atoms with Crippen molar-refractivity contribution in [1.29, 1.82) is 5.41 Å². The van der Waals surface area contributed by atoms with Crippen molar-refractivity contribution in [3.05, 3.63) is 0 Å². The Kier molecular flexibility index (Phi) is 12.5. The van der Waals surface area contributed by atoms with Crippen molar-refractivity contribution in [3.63, 3.8) is 0 Å². The van der Waals surface area contributed by atoms with Crippen LogP contribution < -0.4 is 0 Å². The predicted octanol–water partition coefficient (Wildman–Crippen LogP) is 4.15. The fourth-order valence-electron chi connectivity index (χ4n) is 2.33. The molecule has 20 heavy (non-hydrogen) atoms. The molecule has 4 heteroatoms. The molecule has 4 nitrogen and oxygen atoms in total. The van der Waals surface area contributed by atoms with Crippen LogP contribution in [0.4, 0.5) is 0 Å². The van der Waals surface area contributed by atoms with Gasteiger partial charge in [-0.15, -0.1) is 0 Å². The van der Waals surface area contributed by atoms with Crippen LogP contribution in [0.25, 0.3) is 0 Å². The first-order valence-electron chi connectivity index (χ1n) is 8.02. The summed E-state index contributed by atoms with van der Waals surface area (Å²) in [6, 6.07) is 0. The van der Waals surface area contributed by atoms with E-state index in [-0.39, 0.29) is 18.6 Å². The minimum absolute atomic E-state index is 0.112. The number of aliphatic carboxylic acids is 1. The zero-order valence-corrected chi connectivity index (χ0v) is 12.9. The number of carboxylic acid groups (broad SMARTS) is 1. The van der Waals surface area contributed by atoms with Crippen molar-refractivity contribution in [3.8, 4) is 0 Å². The summed E-state index contributed by atoms with van der Waals surface area (Å²) in [6.07, 6.45) is 11.3. The molecule has 0 aromatic heterocycles. The van der Waals surface area contributed by atoms with Crippen molar-refractivity contribution in [2.75, 3.05) is 0 Å². The van der Waals surface area contributed by atoms with E-state index in [0.717, 1.165) is 12.8 Å². The zero-order valence-electron chi connectivity index (χ0n) is 12.9. The van der Waals surface area contributed by atoms with Gasteiger partial charge in [-0.1, -0.05) is 64.7 Å². The van der Waals surface area contributed by atoms with Gasteiger partial charge in [-0.3, -0.25) is 4.79 Å². The normalized spacial score (nSPS) is 12.3. The number of unbranched alkanes of at least 4 members (excludes halogenated alkanes) is 8. The molecular weight excluding hydrogens is 254 g/mol. The second kappa shape index (κ2) is 13.1. The Morgan fingerprint density at radius 2 is 1.50 bits per heavy atom. The zero-order chi connectivity index (χ0) is 15.2. The molecule has 0 rings (SSSR count). The number of aliphatic hydroxyl groups excluding tert-OH is 1. The molecule has 0 bridgehead atoms. The van der Waals surface area contributed by atoms with Crippen LogP contribution in [0, 0.1) is 5.41 Å². The van der Waals surface area contributed by atoms with Gasteiger partial charge < -0.3 is 15.6 Å². The smallest absolute Gasteiger partial charge is 0.309 e. The van der Waals surface area contributed by atoms with Crippen molar-refractivity contribution in [1.82, 2.24) is 0 Å². The first-order chi connectivity index (χ1) is 9.56. The third-order valence-electron chi connectivity index (χ3n) is 3.49. The Balaban J connectivity index is 3.33. The fraction of sp³-hybridized carbons (Fsp3) is 0.875. The molecule has 0 saturated carbocycles. The number of carbonyl (C=O) groups is 1. The maximum absolute atomic E-state index is 10.4. The molecule has 0 aliphatic heterocycles. The molecule has 0 radical (unpaired) electrons. The average molecular weight is 285 g/mol. The van der Waals surface area contributed by atoms with Gasteiger partial charge in [0, 0.05) is 12.1 Å². The third kappa shape index (κ3) is 13.5. The maximum Gasteiger partial charge on any atom is 0.309 e. The van der Waals surface area contributed by atoms with E-state index in [1.807, 2.05) is 0 Å². The van der Waals surface area contributed by atoms with E-state index >= 15 is 0 Å². The lowest BCUT2D eigenvalue weighted by Crippen LogP contribution is -2.15. The highest BCUT2D eigenvalue weighted by molar-refractivity contribution is 5.96. The molecule has 1 atom stereocenters. The summed E-state index contributed by atoms with van der Waals surface area (Å²) in [7, 11) is 0. The molecule has 3 N–H and O–H groups in total. The summed E-state index contributed by atoms with van der Waals surface area (Å²) in [5.41, 5.74) is 0.112. The van der Waals surface area contributed by atoms with Crippen molar-refractivity contribution >= 4 is 11.7 Å². The van der Waals surface area contributed by atoms with Gasteiger partial charge in [0.05, 0.1) is 12.5 Å². The number of aliphatic hydroxyl groups is 1. The largest absolute Gasteiger partial charge is 0.481 e. The molecule has 0 saturated heterocycles. The average Bonchev–Trinajstić information content (AvgIpc) is 2.35. The number of carboxylic acids is 1. The summed E-state index contributed by atoms with van der Waals surface area (Å²) in [5.74, 6) is -0.995. The van der Waals surface area contributed by atoms with Gasteiger partial charge in [0.15, 0.2) is 0 Å². The Bertz CT molecular complexity index is 266. The van der Waals surface area contributed by atoms with Crippen LogP contribution in [-0.4, -0.2) is 28.0 Å². The third-order valence-corrected chi connectivity index (χ3v) is 3.49. The van der Waals surface area contributed by atoms with Crippen LogP contribution in [0.2, 0.25) is 0 Å². The number of nitrogens with one attached hydrogen (secondary N) is 1. The van der Waals surface area contributed by atoms with Gasteiger partial charge in [0.1, 0.15) is 0 Å². The van der Waals surface area contributed by atoms with E-state index in [0.29, 0.717) is 6.42 Å². The van der Waals surface area contributed by atoms with E-state index in [2.05, 4.69) is 6.92 Å². The molecular formula is C16H31NO3. The molecule has 0 fully saturated rings. The Labute approximate surface area is 123 Å². The lowest BCUT2D eigenvalue weighted by atomic mass is 10.0. The Morgan fingerprint density at radius 1 is 1.00 bits per heavy atom. The molecule has 0 aromatic rings. The standard InChI is InChI=1S/C16H31NO3/c1-2-3-4-5-6-7-8-9-10-11-15(18)12-14(17)13-16(19)20/h15,17-18H,2-13H2,1H3,(H,19,20)/t15-/m1/s1. The van der Waals surface area contributed by atoms with Crippen molar-refractivity contribution in [2.24, 2.45) is 0 Å². The van der Waals surface area contributed by atoms with Crippen molar-refractivity contribution in [2.45, 2.75) is 90.1 Å². The van der Waals surface area contributed by atoms with Gasteiger partial charge in [0.2, 0.25) is 0 Å². The van der Waals surface area contributed by atoms with Crippen LogP contribution in [-0.2, 0) is 4.79 Å². The van der Waals surface area contributed by atoms with Crippen LogP contribution in [0.15, 0.2) is 0 Å². The summed E-state index contributed by atoms with van der Waals surface area (Å²) < 4.78 is 0. The molecule has 0 aliphatic rings. The van der Waals surface area contributed by atoms with Gasteiger partial charge in [-0.25, -0.2) is 0 Å². The number of hydrogen-bond donors (Lipinski definition) is 3. The van der Waals surface area contributed by atoms with E-state index in [9.17, 15) is 9.90 Å². The van der Waals surface area contributed by atoms with Gasteiger partial charge in [-0.2, -0.15) is 0 Å². The molecule has 0 spiro atoms. The maximum atomic E-state index is 10.4. The monoisotopic (exact) mass is 285 g/mol. The van der Waals surface area contributed by atoms with Gasteiger partial charge in [0.25, 0.3) is 0 Å². The van der Waals surface area contributed by atoms with Crippen LogP contribution in [0.5, 0.6) is 0 Å². The quantitative estimate of drug-likeness (QED) is 0.331. The van der Waals surface area contributed by atoms with E-state index in [4.69, 9.17) is 10.5 Å².